The number of nitrogens with zero attached hydrogens (tertiary/aromatic N) is 3. The van der Waals surface area contributed by atoms with Gasteiger partial charge in [0.2, 0.25) is 0 Å². The number of pyridine rings is 1. The van der Waals surface area contributed by atoms with Crippen LogP contribution in [0.15, 0.2) is 55.0 Å². The van der Waals surface area contributed by atoms with Gasteiger partial charge in [-0.1, -0.05) is 24.3 Å². The first kappa shape index (κ1) is 11.7. The van der Waals surface area contributed by atoms with Gasteiger partial charge in [-0.2, -0.15) is 10.2 Å². The highest BCUT2D eigenvalue weighted by molar-refractivity contribution is 5.84. The highest BCUT2D eigenvalue weighted by Crippen LogP contribution is 2.16. The van der Waals surface area contributed by atoms with E-state index < -0.39 is 0 Å². The summed E-state index contributed by atoms with van der Waals surface area (Å²) in [6.45, 7) is 1.47. The molecule has 19 heavy (non-hydrogen) atoms. The molecule has 0 saturated carbocycles. The van der Waals surface area contributed by atoms with E-state index in [-0.39, 0.29) is 0 Å². The molecule has 0 radical (unpaired) electrons. The van der Waals surface area contributed by atoms with Gasteiger partial charge in [-0.25, -0.2) is 0 Å². The van der Waals surface area contributed by atoms with E-state index in [4.69, 9.17) is 0 Å². The molecule has 0 spiro atoms. The van der Waals surface area contributed by atoms with E-state index in [1.54, 1.807) is 6.20 Å². The van der Waals surface area contributed by atoms with Crippen molar-refractivity contribution in [3.8, 4) is 0 Å². The molecular weight excluding hydrogens is 236 g/mol. The van der Waals surface area contributed by atoms with Crippen molar-refractivity contribution < 1.29 is 0 Å². The molecule has 0 aliphatic rings. The van der Waals surface area contributed by atoms with Crippen molar-refractivity contribution >= 4 is 10.8 Å². The summed E-state index contributed by atoms with van der Waals surface area (Å²) < 4.78 is 0. The fraction of sp³-hybridized carbons (Fsp3) is 0.133. The van der Waals surface area contributed by atoms with Gasteiger partial charge in [0.25, 0.3) is 0 Å². The zero-order chi connectivity index (χ0) is 12.9. The first-order valence-electron chi connectivity index (χ1n) is 6.22. The molecule has 0 fully saturated rings. The second-order valence-corrected chi connectivity index (χ2v) is 4.34. The SMILES string of the molecule is c1cnnc(CNCc2cncc3ccccc23)c1. The highest BCUT2D eigenvalue weighted by Gasteiger charge is 2.01. The molecule has 4 nitrogen and oxygen atoms in total. The molecule has 0 aliphatic heterocycles. The first-order valence-corrected chi connectivity index (χ1v) is 6.22. The highest BCUT2D eigenvalue weighted by atomic mass is 15.1. The molecule has 94 valence electrons. The summed E-state index contributed by atoms with van der Waals surface area (Å²) >= 11 is 0. The Hall–Kier alpha value is -2.33. The molecule has 0 saturated heterocycles. The molecule has 0 amide bonds. The predicted molar refractivity (Wildman–Crippen MR) is 74.3 cm³/mol. The third kappa shape index (κ3) is 2.74. The van der Waals surface area contributed by atoms with Crippen molar-refractivity contribution in [3.63, 3.8) is 0 Å². The Morgan fingerprint density at radius 1 is 0.947 bits per heavy atom. The summed E-state index contributed by atoms with van der Waals surface area (Å²) in [5.41, 5.74) is 2.14. The number of aromatic nitrogens is 3. The van der Waals surface area contributed by atoms with E-state index in [0.29, 0.717) is 6.54 Å². The zero-order valence-corrected chi connectivity index (χ0v) is 10.5. The molecular formula is C15H14N4. The summed E-state index contributed by atoms with van der Waals surface area (Å²) in [6, 6.07) is 12.1. The summed E-state index contributed by atoms with van der Waals surface area (Å²) in [7, 11) is 0. The quantitative estimate of drug-likeness (QED) is 0.772. The Morgan fingerprint density at radius 3 is 2.79 bits per heavy atom. The number of nitrogens with one attached hydrogen (secondary N) is 1. The molecule has 3 aromatic rings. The maximum Gasteiger partial charge on any atom is 0.0769 e. The topological polar surface area (TPSA) is 50.7 Å². The molecule has 2 aromatic heterocycles. The van der Waals surface area contributed by atoms with Crippen molar-refractivity contribution in [2.45, 2.75) is 13.1 Å². The van der Waals surface area contributed by atoms with Gasteiger partial charge < -0.3 is 5.32 Å². The van der Waals surface area contributed by atoms with Gasteiger partial charge in [0, 0.05) is 37.1 Å². The number of benzene rings is 1. The molecule has 3 rings (SSSR count). The van der Waals surface area contributed by atoms with E-state index in [9.17, 15) is 0 Å². The number of hydrogen-bond acceptors (Lipinski definition) is 4. The zero-order valence-electron chi connectivity index (χ0n) is 10.5. The van der Waals surface area contributed by atoms with Gasteiger partial charge in [-0.15, -0.1) is 0 Å². The monoisotopic (exact) mass is 250 g/mol. The summed E-state index contributed by atoms with van der Waals surface area (Å²) in [5, 5.41) is 13.7. The molecule has 4 heteroatoms. The lowest BCUT2D eigenvalue weighted by Crippen LogP contribution is -2.14. The lowest BCUT2D eigenvalue weighted by atomic mass is 10.1. The largest absolute Gasteiger partial charge is 0.307 e. The Labute approximate surface area is 111 Å². The van der Waals surface area contributed by atoms with Crippen LogP contribution in [0, 0.1) is 0 Å². The van der Waals surface area contributed by atoms with E-state index in [2.05, 4.69) is 38.7 Å². The van der Waals surface area contributed by atoms with Crippen LogP contribution in [0.4, 0.5) is 0 Å². The molecule has 0 unspecified atom stereocenters. The molecule has 1 aromatic carbocycles. The van der Waals surface area contributed by atoms with Crippen LogP contribution < -0.4 is 5.32 Å². The van der Waals surface area contributed by atoms with Gasteiger partial charge in [-0.3, -0.25) is 4.98 Å². The maximum absolute atomic E-state index is 4.27. The van der Waals surface area contributed by atoms with Crippen LogP contribution in [0.3, 0.4) is 0 Å². The van der Waals surface area contributed by atoms with E-state index in [1.165, 1.54) is 16.3 Å². The second-order valence-electron chi connectivity index (χ2n) is 4.34. The van der Waals surface area contributed by atoms with E-state index >= 15 is 0 Å². The van der Waals surface area contributed by atoms with Crippen molar-refractivity contribution in [3.05, 3.63) is 66.2 Å². The standard InChI is InChI=1S/C15H14N4/c1-2-6-15-12(4-1)8-16-9-13(15)10-17-11-14-5-3-7-18-19-14/h1-9,17H,10-11H2. The smallest absolute Gasteiger partial charge is 0.0769 e. The van der Waals surface area contributed by atoms with Crippen LogP contribution in [0.5, 0.6) is 0 Å². The van der Waals surface area contributed by atoms with E-state index in [1.807, 2.05) is 30.6 Å². The fourth-order valence-electron chi connectivity index (χ4n) is 2.07. The van der Waals surface area contributed by atoms with Gasteiger partial charge in [0.1, 0.15) is 0 Å². The second kappa shape index (κ2) is 5.54. The lowest BCUT2D eigenvalue weighted by molar-refractivity contribution is 0.671. The summed E-state index contributed by atoms with van der Waals surface area (Å²) in [6.07, 6.45) is 5.48. The van der Waals surface area contributed by atoms with Crippen LogP contribution in [0.25, 0.3) is 10.8 Å². The third-order valence-electron chi connectivity index (χ3n) is 3.00. The minimum absolute atomic E-state index is 0.705. The van der Waals surface area contributed by atoms with Crippen LogP contribution in [0.1, 0.15) is 11.3 Å². The van der Waals surface area contributed by atoms with Crippen molar-refractivity contribution in [1.82, 2.24) is 20.5 Å². The molecule has 0 bridgehead atoms. The van der Waals surface area contributed by atoms with Gasteiger partial charge >= 0.3 is 0 Å². The Kier molecular flexibility index (Phi) is 3.42. The summed E-state index contributed by atoms with van der Waals surface area (Å²) in [4.78, 5) is 4.27. The summed E-state index contributed by atoms with van der Waals surface area (Å²) in [5.74, 6) is 0. The van der Waals surface area contributed by atoms with Crippen LogP contribution in [-0.4, -0.2) is 15.2 Å². The first-order chi connectivity index (χ1) is 9.43. The molecule has 0 aliphatic carbocycles. The van der Waals surface area contributed by atoms with Crippen molar-refractivity contribution in [2.24, 2.45) is 0 Å². The Balaban J connectivity index is 1.72. The fourth-order valence-corrected chi connectivity index (χ4v) is 2.07. The van der Waals surface area contributed by atoms with Gasteiger partial charge in [0.15, 0.2) is 0 Å². The minimum atomic E-state index is 0.705. The van der Waals surface area contributed by atoms with Crippen LogP contribution in [0.2, 0.25) is 0 Å². The predicted octanol–water partition coefficient (Wildman–Crippen LogP) is 2.31. The normalized spacial score (nSPS) is 10.7. The van der Waals surface area contributed by atoms with Crippen LogP contribution in [-0.2, 0) is 13.1 Å². The molecule has 0 atom stereocenters. The van der Waals surface area contributed by atoms with E-state index in [0.717, 1.165) is 12.2 Å². The van der Waals surface area contributed by atoms with Gasteiger partial charge in [-0.05, 0) is 23.1 Å². The number of hydrogen-bond donors (Lipinski definition) is 1. The average Bonchev–Trinajstić information content (AvgIpc) is 2.49. The van der Waals surface area contributed by atoms with Crippen LogP contribution >= 0.6 is 0 Å². The maximum atomic E-state index is 4.27. The molecule has 1 N–H and O–H groups in total. The Morgan fingerprint density at radius 2 is 1.89 bits per heavy atom. The molecule has 2 heterocycles. The lowest BCUT2D eigenvalue weighted by Gasteiger charge is -2.07. The third-order valence-corrected chi connectivity index (χ3v) is 3.00. The number of fused-ring (bicyclic) bond motifs is 1. The Bertz CT molecular complexity index is 662. The minimum Gasteiger partial charge on any atom is -0.307 e. The van der Waals surface area contributed by atoms with Crippen molar-refractivity contribution in [2.75, 3.05) is 0 Å². The average molecular weight is 250 g/mol. The van der Waals surface area contributed by atoms with Crippen molar-refractivity contribution in [1.29, 1.82) is 0 Å². The van der Waals surface area contributed by atoms with Gasteiger partial charge in [0.05, 0.1) is 5.69 Å². The number of rotatable bonds is 4.